The molecular weight excluding hydrogens is 268 g/mol. The van der Waals surface area contributed by atoms with Gasteiger partial charge in [0.1, 0.15) is 0 Å². The number of pyridine rings is 1. The normalized spacial score (nSPS) is 28.1. The van der Waals surface area contributed by atoms with Crippen molar-refractivity contribution in [2.24, 2.45) is 0 Å². The highest BCUT2D eigenvalue weighted by molar-refractivity contribution is 5.92. The van der Waals surface area contributed by atoms with Gasteiger partial charge in [-0.2, -0.15) is 0 Å². The van der Waals surface area contributed by atoms with E-state index < -0.39 is 5.60 Å². The van der Waals surface area contributed by atoms with Gasteiger partial charge in [0.05, 0.1) is 11.3 Å². The van der Waals surface area contributed by atoms with E-state index in [1.807, 2.05) is 12.1 Å². The molecule has 0 bridgehead atoms. The second-order valence-electron chi connectivity index (χ2n) is 6.27. The largest absolute Gasteiger partial charge is 0.390 e. The molecule has 0 unspecified atom stereocenters. The van der Waals surface area contributed by atoms with E-state index in [1.165, 1.54) is 12.8 Å². The van der Waals surface area contributed by atoms with E-state index in [4.69, 9.17) is 0 Å². The fraction of sp³-hybridized carbons (Fsp3) is 0.600. The number of nitrogens with zero attached hydrogens (tertiary/aromatic N) is 2. The van der Waals surface area contributed by atoms with Gasteiger partial charge in [0.25, 0.3) is 0 Å². The Morgan fingerprint density at radius 1 is 1.43 bits per heavy atom. The van der Waals surface area contributed by atoms with E-state index in [2.05, 4.69) is 20.5 Å². The molecule has 1 saturated heterocycles. The second-order valence-corrected chi connectivity index (χ2v) is 6.27. The zero-order chi connectivity index (χ0) is 14.9. The van der Waals surface area contributed by atoms with E-state index >= 15 is 0 Å². The van der Waals surface area contributed by atoms with Gasteiger partial charge >= 0.3 is 6.03 Å². The molecule has 0 radical (unpaired) electrons. The first-order valence-corrected chi connectivity index (χ1v) is 7.53. The van der Waals surface area contributed by atoms with Crippen molar-refractivity contribution in [3.63, 3.8) is 0 Å². The highest BCUT2D eigenvalue weighted by Crippen LogP contribution is 2.31. The van der Waals surface area contributed by atoms with Crippen molar-refractivity contribution in [2.45, 2.75) is 44.2 Å². The molecule has 0 aromatic carbocycles. The maximum atomic E-state index is 12.0. The molecule has 114 valence electrons. The van der Waals surface area contributed by atoms with Gasteiger partial charge in [0.2, 0.25) is 0 Å². The summed E-state index contributed by atoms with van der Waals surface area (Å²) in [6, 6.07) is 3.51. The predicted octanol–water partition coefficient (Wildman–Crippen LogP) is 1.72. The van der Waals surface area contributed by atoms with Crippen LogP contribution < -0.4 is 15.5 Å². The molecule has 1 aliphatic heterocycles. The number of aliphatic hydroxyl groups is 1. The molecule has 3 N–H and O–H groups in total. The third-order valence-corrected chi connectivity index (χ3v) is 4.15. The van der Waals surface area contributed by atoms with Gasteiger partial charge in [-0.1, -0.05) is 0 Å². The number of aromatic nitrogens is 1. The lowest BCUT2D eigenvalue weighted by molar-refractivity contribution is -0.0351. The first-order valence-electron chi connectivity index (χ1n) is 7.53. The van der Waals surface area contributed by atoms with Crippen LogP contribution in [0.3, 0.4) is 0 Å². The lowest BCUT2D eigenvalue weighted by Gasteiger charge is -2.41. The van der Waals surface area contributed by atoms with Crippen LogP contribution in [0.2, 0.25) is 0 Å². The number of hydrogen-bond donors (Lipinski definition) is 3. The van der Waals surface area contributed by atoms with Crippen molar-refractivity contribution >= 4 is 17.5 Å². The van der Waals surface area contributed by atoms with Gasteiger partial charge in [0, 0.05) is 25.3 Å². The molecule has 6 nitrogen and oxygen atoms in total. The Hall–Kier alpha value is -1.82. The molecule has 1 aliphatic carbocycles. The molecule has 1 aromatic heterocycles. The third kappa shape index (κ3) is 3.26. The van der Waals surface area contributed by atoms with Crippen LogP contribution in [-0.4, -0.2) is 40.9 Å². The molecule has 2 amide bonds. The van der Waals surface area contributed by atoms with Crippen molar-refractivity contribution in [3.8, 4) is 0 Å². The quantitative estimate of drug-likeness (QED) is 0.792. The lowest BCUT2D eigenvalue weighted by atomic mass is 9.77. The standard InChI is InChI=1S/C15H22N4O2/c1-15(21)9-11(10-15)17-14(20)18-12-5-4-6-16-13(12)19-7-2-3-8-19/h4-6,11,21H,2-3,7-10H2,1H3,(H2,17,18,20). The number of carbonyl (C=O) groups is 1. The summed E-state index contributed by atoms with van der Waals surface area (Å²) in [4.78, 5) is 18.6. The number of anilines is 2. The zero-order valence-electron chi connectivity index (χ0n) is 12.3. The van der Waals surface area contributed by atoms with Gasteiger partial charge in [-0.05, 0) is 44.7 Å². The van der Waals surface area contributed by atoms with Gasteiger partial charge < -0.3 is 20.6 Å². The number of rotatable bonds is 3. The van der Waals surface area contributed by atoms with E-state index in [9.17, 15) is 9.90 Å². The minimum Gasteiger partial charge on any atom is -0.390 e. The van der Waals surface area contributed by atoms with Crippen LogP contribution in [-0.2, 0) is 0 Å². The van der Waals surface area contributed by atoms with Crippen LogP contribution in [0.4, 0.5) is 16.3 Å². The summed E-state index contributed by atoms with van der Waals surface area (Å²) in [5.74, 6) is 0.839. The minimum atomic E-state index is -0.632. The number of nitrogens with one attached hydrogen (secondary N) is 2. The number of amides is 2. The first-order chi connectivity index (χ1) is 10.0. The summed E-state index contributed by atoms with van der Waals surface area (Å²) >= 11 is 0. The minimum absolute atomic E-state index is 0.0481. The van der Waals surface area contributed by atoms with Crippen LogP contribution in [0.25, 0.3) is 0 Å². The first kappa shape index (κ1) is 14.1. The lowest BCUT2D eigenvalue weighted by Crippen LogP contribution is -2.54. The van der Waals surface area contributed by atoms with Crippen LogP contribution in [0.15, 0.2) is 18.3 Å². The van der Waals surface area contributed by atoms with Crippen LogP contribution in [0.1, 0.15) is 32.6 Å². The Labute approximate surface area is 124 Å². The highest BCUT2D eigenvalue weighted by atomic mass is 16.3. The van der Waals surface area contributed by atoms with Crippen molar-refractivity contribution in [2.75, 3.05) is 23.3 Å². The maximum absolute atomic E-state index is 12.0. The molecule has 6 heteroatoms. The van der Waals surface area contributed by atoms with Crippen LogP contribution in [0.5, 0.6) is 0 Å². The van der Waals surface area contributed by atoms with Crippen molar-refractivity contribution in [1.29, 1.82) is 0 Å². The Bertz CT molecular complexity index is 518. The fourth-order valence-corrected chi connectivity index (χ4v) is 3.12. The van der Waals surface area contributed by atoms with Crippen molar-refractivity contribution in [1.82, 2.24) is 10.3 Å². The number of hydrogen-bond acceptors (Lipinski definition) is 4. The van der Waals surface area contributed by atoms with Gasteiger partial charge in [-0.3, -0.25) is 0 Å². The van der Waals surface area contributed by atoms with E-state index in [0.29, 0.717) is 12.8 Å². The SMILES string of the molecule is CC1(O)CC(NC(=O)Nc2cccnc2N2CCCC2)C1. The molecule has 2 fully saturated rings. The Morgan fingerprint density at radius 2 is 2.14 bits per heavy atom. The fourth-order valence-electron chi connectivity index (χ4n) is 3.12. The molecule has 0 atom stereocenters. The Kier molecular flexibility index (Phi) is 3.71. The zero-order valence-corrected chi connectivity index (χ0v) is 12.3. The number of urea groups is 1. The molecule has 0 spiro atoms. The van der Waals surface area contributed by atoms with Crippen molar-refractivity contribution in [3.05, 3.63) is 18.3 Å². The average molecular weight is 290 g/mol. The highest BCUT2D eigenvalue weighted by Gasteiger charge is 2.39. The second kappa shape index (κ2) is 5.52. The topological polar surface area (TPSA) is 77.5 Å². The van der Waals surface area contributed by atoms with Crippen molar-refractivity contribution < 1.29 is 9.90 Å². The number of carbonyl (C=O) groups excluding carboxylic acids is 1. The molecule has 3 rings (SSSR count). The van der Waals surface area contributed by atoms with Crippen LogP contribution >= 0.6 is 0 Å². The summed E-state index contributed by atoms with van der Waals surface area (Å²) in [7, 11) is 0. The third-order valence-electron chi connectivity index (χ3n) is 4.15. The Balaban J connectivity index is 1.60. The Morgan fingerprint density at radius 3 is 2.81 bits per heavy atom. The summed E-state index contributed by atoms with van der Waals surface area (Å²) in [5, 5.41) is 15.4. The van der Waals surface area contributed by atoms with Gasteiger partial charge in [-0.25, -0.2) is 9.78 Å². The summed E-state index contributed by atoms with van der Waals surface area (Å²) < 4.78 is 0. The molecule has 1 saturated carbocycles. The molecule has 2 aliphatic rings. The summed E-state index contributed by atoms with van der Waals surface area (Å²) in [6.07, 6.45) is 5.29. The monoisotopic (exact) mass is 290 g/mol. The molecule has 2 heterocycles. The van der Waals surface area contributed by atoms with E-state index in [1.54, 1.807) is 13.1 Å². The van der Waals surface area contributed by atoms with E-state index in [-0.39, 0.29) is 12.1 Å². The average Bonchev–Trinajstić information content (AvgIpc) is 2.91. The molecule has 1 aromatic rings. The maximum Gasteiger partial charge on any atom is 0.319 e. The molecular formula is C15H22N4O2. The van der Waals surface area contributed by atoms with Gasteiger partial charge in [-0.15, -0.1) is 0 Å². The summed E-state index contributed by atoms with van der Waals surface area (Å²) in [5.41, 5.74) is 0.107. The smallest absolute Gasteiger partial charge is 0.319 e. The van der Waals surface area contributed by atoms with Crippen LogP contribution in [0, 0.1) is 0 Å². The predicted molar refractivity (Wildman–Crippen MR) is 81.5 cm³/mol. The van der Waals surface area contributed by atoms with Gasteiger partial charge in [0.15, 0.2) is 5.82 Å². The summed E-state index contributed by atoms with van der Waals surface area (Å²) in [6.45, 7) is 3.76. The van der Waals surface area contributed by atoms with E-state index in [0.717, 1.165) is 24.6 Å². The molecule has 21 heavy (non-hydrogen) atoms.